The molecule has 1 aliphatic rings. The maximum atomic E-state index is 11.8. The highest BCUT2D eigenvalue weighted by Crippen LogP contribution is 2.08. The number of nitrogens with zero attached hydrogens (tertiary/aromatic N) is 1. The molecule has 0 radical (unpaired) electrons. The summed E-state index contributed by atoms with van der Waals surface area (Å²) in [6.45, 7) is 5.53. The first kappa shape index (κ1) is 13.0. The zero-order chi connectivity index (χ0) is 12.1. The topological polar surface area (TPSA) is 69.6 Å². The van der Waals surface area contributed by atoms with Gasteiger partial charge in [0, 0.05) is 38.0 Å². The van der Waals surface area contributed by atoms with Crippen molar-refractivity contribution in [2.45, 2.75) is 45.2 Å². The lowest BCUT2D eigenvalue weighted by atomic mass is 10.1. The second-order valence-electron chi connectivity index (χ2n) is 4.51. The first-order valence-electron chi connectivity index (χ1n) is 5.74. The fourth-order valence-electron chi connectivity index (χ4n) is 2.08. The normalized spacial score (nSPS) is 25.5. The van der Waals surface area contributed by atoms with Crippen molar-refractivity contribution in [1.82, 2.24) is 10.2 Å². The Morgan fingerprint density at radius 2 is 1.81 bits per heavy atom. The van der Waals surface area contributed by atoms with Gasteiger partial charge in [0.05, 0.1) is 0 Å². The Balaban J connectivity index is 2.32. The van der Waals surface area contributed by atoms with E-state index in [9.17, 15) is 9.59 Å². The molecule has 1 fully saturated rings. The largest absolute Gasteiger partial charge is 0.481 e. The van der Waals surface area contributed by atoms with Crippen LogP contribution in [0.4, 0.5) is 0 Å². The van der Waals surface area contributed by atoms with Crippen LogP contribution in [0, 0.1) is 0 Å². The van der Waals surface area contributed by atoms with Gasteiger partial charge in [-0.1, -0.05) is 0 Å². The van der Waals surface area contributed by atoms with E-state index < -0.39 is 5.97 Å². The van der Waals surface area contributed by atoms with Crippen molar-refractivity contribution in [2.75, 3.05) is 13.1 Å². The molecule has 1 amide bonds. The Bertz CT molecular complexity index is 258. The monoisotopic (exact) mass is 228 g/mol. The van der Waals surface area contributed by atoms with Crippen molar-refractivity contribution in [3.63, 3.8) is 0 Å². The van der Waals surface area contributed by atoms with Crippen molar-refractivity contribution in [3.8, 4) is 0 Å². The third-order valence-corrected chi connectivity index (χ3v) is 2.69. The van der Waals surface area contributed by atoms with Crippen molar-refractivity contribution in [1.29, 1.82) is 0 Å². The molecule has 1 rings (SSSR count). The number of carbonyl (C=O) groups excluding carboxylic acids is 1. The van der Waals surface area contributed by atoms with Gasteiger partial charge >= 0.3 is 5.97 Å². The number of carboxylic acids is 1. The van der Waals surface area contributed by atoms with Gasteiger partial charge in [-0.05, 0) is 20.3 Å². The molecule has 1 saturated heterocycles. The van der Waals surface area contributed by atoms with Gasteiger partial charge in [-0.25, -0.2) is 0 Å². The zero-order valence-corrected chi connectivity index (χ0v) is 9.90. The summed E-state index contributed by atoms with van der Waals surface area (Å²) in [5.74, 6) is -0.767. The van der Waals surface area contributed by atoms with Crippen LogP contribution in [0.2, 0.25) is 0 Å². The van der Waals surface area contributed by atoms with Crippen LogP contribution in [-0.4, -0.2) is 47.1 Å². The van der Waals surface area contributed by atoms with E-state index in [1.54, 1.807) is 0 Å². The number of nitrogens with one attached hydrogen (secondary N) is 1. The quantitative estimate of drug-likeness (QED) is 0.733. The molecule has 0 aliphatic carbocycles. The van der Waals surface area contributed by atoms with Gasteiger partial charge in [0.15, 0.2) is 0 Å². The summed E-state index contributed by atoms with van der Waals surface area (Å²) >= 11 is 0. The molecule has 92 valence electrons. The van der Waals surface area contributed by atoms with Crippen molar-refractivity contribution < 1.29 is 14.7 Å². The summed E-state index contributed by atoms with van der Waals surface area (Å²) in [7, 11) is 0. The molecule has 0 aromatic heterocycles. The predicted octanol–water partition coefficient (Wildman–Crippen LogP) is 0.450. The fourth-order valence-corrected chi connectivity index (χ4v) is 2.08. The van der Waals surface area contributed by atoms with E-state index in [-0.39, 0.29) is 12.3 Å². The van der Waals surface area contributed by atoms with E-state index in [1.807, 2.05) is 18.7 Å². The molecule has 0 spiro atoms. The summed E-state index contributed by atoms with van der Waals surface area (Å²) in [5.41, 5.74) is 0. The Labute approximate surface area is 95.8 Å². The second-order valence-corrected chi connectivity index (χ2v) is 4.51. The molecular weight excluding hydrogens is 208 g/mol. The van der Waals surface area contributed by atoms with E-state index in [0.29, 0.717) is 24.9 Å². The van der Waals surface area contributed by atoms with Crippen LogP contribution in [0.3, 0.4) is 0 Å². The van der Waals surface area contributed by atoms with Gasteiger partial charge in [-0.2, -0.15) is 0 Å². The fraction of sp³-hybridized carbons (Fsp3) is 0.818. The van der Waals surface area contributed by atoms with Crippen molar-refractivity contribution >= 4 is 11.9 Å². The Morgan fingerprint density at radius 1 is 1.25 bits per heavy atom. The minimum atomic E-state index is -0.838. The van der Waals surface area contributed by atoms with Crippen LogP contribution in [0.15, 0.2) is 0 Å². The number of hydrogen-bond acceptors (Lipinski definition) is 3. The molecule has 1 heterocycles. The molecule has 2 atom stereocenters. The Kier molecular flexibility index (Phi) is 4.73. The Hall–Kier alpha value is -1.10. The van der Waals surface area contributed by atoms with E-state index >= 15 is 0 Å². The number of aliphatic carboxylic acids is 1. The molecule has 0 aromatic carbocycles. The molecule has 5 nitrogen and oxygen atoms in total. The highest BCUT2D eigenvalue weighted by molar-refractivity contribution is 5.77. The summed E-state index contributed by atoms with van der Waals surface area (Å²) in [4.78, 5) is 23.9. The number of amides is 1. The number of rotatable bonds is 4. The molecule has 2 N–H and O–H groups in total. The van der Waals surface area contributed by atoms with E-state index in [4.69, 9.17) is 5.11 Å². The average molecular weight is 228 g/mol. The van der Waals surface area contributed by atoms with E-state index in [2.05, 4.69) is 5.32 Å². The van der Waals surface area contributed by atoms with Gasteiger partial charge in [0.2, 0.25) is 5.91 Å². The lowest BCUT2D eigenvalue weighted by molar-refractivity contribution is -0.137. The first-order chi connectivity index (χ1) is 7.49. The maximum Gasteiger partial charge on any atom is 0.303 e. The molecular formula is C11H20N2O3. The molecule has 16 heavy (non-hydrogen) atoms. The highest BCUT2D eigenvalue weighted by atomic mass is 16.4. The van der Waals surface area contributed by atoms with Crippen LogP contribution >= 0.6 is 0 Å². The standard InChI is InChI=1S/C11H20N2O3/c1-8-6-13(7-9(2)12-8)10(14)4-3-5-11(15)16/h8-9,12H,3-7H2,1-2H3,(H,15,16). The molecule has 0 aromatic rings. The van der Waals surface area contributed by atoms with Gasteiger partial charge < -0.3 is 15.3 Å². The Morgan fingerprint density at radius 3 is 2.31 bits per heavy atom. The zero-order valence-electron chi connectivity index (χ0n) is 9.90. The van der Waals surface area contributed by atoms with Gasteiger partial charge in [-0.3, -0.25) is 9.59 Å². The first-order valence-corrected chi connectivity index (χ1v) is 5.74. The predicted molar refractivity (Wildman–Crippen MR) is 60.1 cm³/mol. The maximum absolute atomic E-state index is 11.8. The molecule has 5 heteroatoms. The van der Waals surface area contributed by atoms with Crippen LogP contribution in [-0.2, 0) is 9.59 Å². The summed E-state index contributed by atoms with van der Waals surface area (Å²) < 4.78 is 0. The van der Waals surface area contributed by atoms with Crippen LogP contribution in [0.1, 0.15) is 33.1 Å². The lowest BCUT2D eigenvalue weighted by Gasteiger charge is -2.36. The molecule has 2 unspecified atom stereocenters. The number of hydrogen-bond donors (Lipinski definition) is 2. The smallest absolute Gasteiger partial charge is 0.303 e. The van der Waals surface area contributed by atoms with Crippen LogP contribution < -0.4 is 5.32 Å². The van der Waals surface area contributed by atoms with Gasteiger partial charge in [0.25, 0.3) is 0 Å². The van der Waals surface area contributed by atoms with E-state index in [1.165, 1.54) is 0 Å². The minimum Gasteiger partial charge on any atom is -0.481 e. The minimum absolute atomic E-state index is 0.0708. The summed E-state index contributed by atoms with van der Waals surface area (Å²) in [6, 6.07) is 0.624. The summed E-state index contributed by atoms with van der Waals surface area (Å²) in [5, 5.41) is 11.8. The number of piperazine rings is 1. The van der Waals surface area contributed by atoms with Crippen LogP contribution in [0.5, 0.6) is 0 Å². The third-order valence-electron chi connectivity index (χ3n) is 2.69. The van der Waals surface area contributed by atoms with Crippen molar-refractivity contribution in [2.24, 2.45) is 0 Å². The summed E-state index contributed by atoms with van der Waals surface area (Å²) in [6.07, 6.45) is 0.843. The van der Waals surface area contributed by atoms with Gasteiger partial charge in [-0.15, -0.1) is 0 Å². The molecule has 0 bridgehead atoms. The highest BCUT2D eigenvalue weighted by Gasteiger charge is 2.24. The van der Waals surface area contributed by atoms with Gasteiger partial charge in [0.1, 0.15) is 0 Å². The third kappa shape index (κ3) is 4.18. The van der Waals surface area contributed by atoms with E-state index in [0.717, 1.165) is 13.1 Å². The number of carboxylic acid groups (broad SMARTS) is 1. The second kappa shape index (κ2) is 5.84. The molecule has 0 saturated carbocycles. The average Bonchev–Trinajstić information content (AvgIpc) is 2.15. The lowest BCUT2D eigenvalue weighted by Crippen LogP contribution is -2.55. The van der Waals surface area contributed by atoms with Crippen molar-refractivity contribution in [3.05, 3.63) is 0 Å². The SMILES string of the molecule is CC1CN(C(=O)CCCC(=O)O)CC(C)N1. The van der Waals surface area contributed by atoms with Crippen LogP contribution in [0.25, 0.3) is 0 Å². The molecule has 1 aliphatic heterocycles. The number of carbonyl (C=O) groups is 2.